The quantitative estimate of drug-likeness (QED) is 0.278. The lowest BCUT2D eigenvalue weighted by molar-refractivity contribution is 0.0692. The molecule has 0 aliphatic carbocycles. The highest BCUT2D eigenvalue weighted by Gasteiger charge is 2.18. The van der Waals surface area contributed by atoms with E-state index in [1.54, 1.807) is 30.3 Å². The minimum Gasteiger partial charge on any atom is -0.506 e. The van der Waals surface area contributed by atoms with Crippen molar-refractivity contribution in [2.24, 2.45) is 10.2 Å². The van der Waals surface area contributed by atoms with Crippen molar-refractivity contribution >= 4 is 34.0 Å². The highest BCUT2D eigenvalue weighted by Crippen LogP contribution is 2.37. The van der Waals surface area contributed by atoms with Gasteiger partial charge in [-0.25, -0.2) is 4.79 Å². The number of carbonyl (C=O) groups is 2. The molecule has 1 aromatic heterocycles. The van der Waals surface area contributed by atoms with Crippen molar-refractivity contribution in [2.75, 3.05) is 0 Å². The number of aromatic amines is 1. The van der Waals surface area contributed by atoms with E-state index >= 15 is 0 Å². The second-order valence-electron chi connectivity index (χ2n) is 6.45. The summed E-state index contributed by atoms with van der Waals surface area (Å²) in [6, 6.07) is 16.9. The van der Waals surface area contributed by atoms with Crippen molar-refractivity contribution in [3.63, 3.8) is 0 Å². The molecule has 0 atom stereocenters. The molecule has 0 aliphatic rings. The summed E-state index contributed by atoms with van der Waals surface area (Å²) in [5, 5.41) is 38.1. The second-order valence-corrected chi connectivity index (χ2v) is 6.45. The Morgan fingerprint density at radius 1 is 0.833 bits per heavy atom. The summed E-state index contributed by atoms with van der Waals surface area (Å²) in [6.45, 7) is 0. The molecule has 0 unspecified atom stereocenters. The molecule has 4 rings (SSSR count). The van der Waals surface area contributed by atoms with Gasteiger partial charge in [-0.3, -0.25) is 4.79 Å². The summed E-state index contributed by atoms with van der Waals surface area (Å²) < 4.78 is 0. The highest BCUT2D eigenvalue weighted by molar-refractivity contribution is 6.14. The van der Waals surface area contributed by atoms with Crippen molar-refractivity contribution < 1.29 is 24.9 Å². The molecule has 0 amide bonds. The van der Waals surface area contributed by atoms with Crippen LogP contribution in [-0.2, 0) is 0 Å². The van der Waals surface area contributed by atoms with Gasteiger partial charge in [0.2, 0.25) is 5.88 Å². The molecule has 3 aromatic carbocycles. The van der Waals surface area contributed by atoms with E-state index in [1.165, 1.54) is 36.4 Å². The number of azo groups is 1. The first-order valence-corrected chi connectivity index (χ1v) is 8.87. The van der Waals surface area contributed by atoms with E-state index in [1.807, 2.05) is 0 Å². The molecule has 148 valence electrons. The summed E-state index contributed by atoms with van der Waals surface area (Å²) in [7, 11) is 0. The fourth-order valence-corrected chi connectivity index (χ4v) is 3.09. The number of fused-ring (bicyclic) bond motifs is 1. The number of aromatic nitrogens is 1. The number of benzene rings is 3. The molecule has 0 radical (unpaired) electrons. The van der Waals surface area contributed by atoms with Gasteiger partial charge < -0.3 is 20.3 Å². The Morgan fingerprint density at radius 3 is 2.30 bits per heavy atom. The molecule has 8 nitrogen and oxygen atoms in total. The number of hydrogen-bond acceptors (Lipinski definition) is 6. The predicted octanol–water partition coefficient (Wildman–Crippen LogP) is 4.92. The Hall–Kier alpha value is -4.46. The number of aromatic carboxylic acids is 1. The van der Waals surface area contributed by atoms with Gasteiger partial charge in [-0.05, 0) is 30.3 Å². The number of hydrogen-bond donors (Lipinski definition) is 4. The fourth-order valence-electron chi connectivity index (χ4n) is 3.09. The van der Waals surface area contributed by atoms with Crippen LogP contribution in [0.1, 0.15) is 26.3 Å². The summed E-state index contributed by atoms with van der Waals surface area (Å²) in [6.07, 6.45) is 0. The number of nitrogens with zero attached hydrogens (tertiary/aromatic N) is 2. The van der Waals surface area contributed by atoms with Crippen LogP contribution in [0.5, 0.6) is 11.6 Å². The molecule has 0 spiro atoms. The molecule has 4 aromatic rings. The number of ketones is 1. The van der Waals surface area contributed by atoms with Crippen molar-refractivity contribution in [1.82, 2.24) is 4.98 Å². The summed E-state index contributed by atoms with van der Waals surface area (Å²) in [5.41, 5.74) is 0.896. The SMILES string of the molecule is O=C(O)c1ccccc1C(=O)c1ccc(O)c(N=Nc2c(O)[nH]c3ccccc23)c1. The normalized spacial score (nSPS) is 11.2. The predicted molar refractivity (Wildman–Crippen MR) is 109 cm³/mol. The minimum absolute atomic E-state index is 0.00154. The number of carbonyl (C=O) groups excluding carboxylic acids is 1. The Bertz CT molecular complexity index is 1320. The summed E-state index contributed by atoms with van der Waals surface area (Å²) >= 11 is 0. The van der Waals surface area contributed by atoms with Gasteiger partial charge in [0.15, 0.2) is 11.5 Å². The topological polar surface area (TPSA) is 135 Å². The summed E-state index contributed by atoms with van der Waals surface area (Å²) in [5.74, 6) is -2.14. The Balaban J connectivity index is 1.72. The molecule has 30 heavy (non-hydrogen) atoms. The lowest BCUT2D eigenvalue weighted by Crippen LogP contribution is -2.09. The van der Waals surface area contributed by atoms with Crippen molar-refractivity contribution in [2.45, 2.75) is 0 Å². The number of phenols is 1. The number of aromatic hydroxyl groups is 2. The average Bonchev–Trinajstić information content (AvgIpc) is 3.07. The van der Waals surface area contributed by atoms with Gasteiger partial charge >= 0.3 is 5.97 Å². The van der Waals surface area contributed by atoms with E-state index in [9.17, 15) is 24.9 Å². The number of para-hydroxylation sites is 1. The molecule has 4 N–H and O–H groups in total. The fraction of sp³-hybridized carbons (Fsp3) is 0. The molecule has 0 saturated heterocycles. The van der Waals surface area contributed by atoms with Crippen molar-refractivity contribution in [3.05, 3.63) is 83.4 Å². The first-order valence-electron chi connectivity index (χ1n) is 8.87. The molecule has 0 fully saturated rings. The number of nitrogens with one attached hydrogen (secondary N) is 1. The molecule has 8 heteroatoms. The van der Waals surface area contributed by atoms with E-state index in [4.69, 9.17) is 0 Å². The van der Waals surface area contributed by atoms with E-state index in [0.29, 0.717) is 10.9 Å². The van der Waals surface area contributed by atoms with E-state index in [2.05, 4.69) is 15.2 Å². The van der Waals surface area contributed by atoms with Crippen molar-refractivity contribution in [3.8, 4) is 11.6 Å². The van der Waals surface area contributed by atoms with Crippen LogP contribution >= 0.6 is 0 Å². The molecular formula is C22H15N3O5. The van der Waals surface area contributed by atoms with E-state index in [-0.39, 0.29) is 39.7 Å². The largest absolute Gasteiger partial charge is 0.506 e. The van der Waals surface area contributed by atoms with Crippen molar-refractivity contribution in [1.29, 1.82) is 0 Å². The monoisotopic (exact) mass is 401 g/mol. The third-order valence-electron chi connectivity index (χ3n) is 4.56. The maximum absolute atomic E-state index is 12.8. The van der Waals surface area contributed by atoms with Crippen LogP contribution in [-0.4, -0.2) is 32.1 Å². The van der Waals surface area contributed by atoms with E-state index in [0.717, 1.165) is 0 Å². The standard InChI is InChI=1S/C22H15N3O5/c26-18-10-9-12(20(27)13-5-1-2-6-14(13)22(29)30)11-17(18)24-25-19-15-7-3-4-8-16(15)23-21(19)28/h1-11,23,26,28H,(H,29,30). The maximum Gasteiger partial charge on any atom is 0.336 e. The Kier molecular flexibility index (Phi) is 4.73. The van der Waals surface area contributed by atoms with Gasteiger partial charge in [0.1, 0.15) is 11.4 Å². The third kappa shape index (κ3) is 3.37. The Labute approximate surface area is 169 Å². The van der Waals surface area contributed by atoms with Crippen LogP contribution < -0.4 is 0 Å². The van der Waals surface area contributed by atoms with Gasteiger partial charge in [-0.2, -0.15) is 0 Å². The van der Waals surface area contributed by atoms with Crippen LogP contribution in [0.2, 0.25) is 0 Å². The van der Waals surface area contributed by atoms with Gasteiger partial charge in [0.05, 0.1) is 11.1 Å². The molecule has 0 bridgehead atoms. The van der Waals surface area contributed by atoms with Crippen LogP contribution in [0, 0.1) is 0 Å². The first-order chi connectivity index (χ1) is 14.5. The highest BCUT2D eigenvalue weighted by atomic mass is 16.4. The molecular weight excluding hydrogens is 386 g/mol. The smallest absolute Gasteiger partial charge is 0.336 e. The summed E-state index contributed by atoms with van der Waals surface area (Å²) in [4.78, 5) is 27.0. The van der Waals surface area contributed by atoms with Gasteiger partial charge in [-0.1, -0.05) is 36.4 Å². The molecule has 0 saturated carbocycles. The average molecular weight is 401 g/mol. The molecule has 1 heterocycles. The first kappa shape index (κ1) is 18.9. The van der Waals surface area contributed by atoms with Crippen LogP contribution in [0.4, 0.5) is 11.4 Å². The lowest BCUT2D eigenvalue weighted by Gasteiger charge is -2.06. The van der Waals surface area contributed by atoms with Gasteiger partial charge in [0, 0.05) is 16.5 Å². The zero-order valence-corrected chi connectivity index (χ0v) is 15.4. The maximum atomic E-state index is 12.8. The number of carboxylic acids is 1. The van der Waals surface area contributed by atoms with Gasteiger partial charge in [-0.15, -0.1) is 10.2 Å². The second kappa shape index (κ2) is 7.51. The number of rotatable bonds is 5. The number of H-pyrrole nitrogens is 1. The number of carboxylic acid groups (broad SMARTS) is 1. The Morgan fingerprint density at radius 2 is 1.53 bits per heavy atom. The van der Waals surface area contributed by atoms with Gasteiger partial charge in [0.25, 0.3) is 0 Å². The zero-order valence-electron chi connectivity index (χ0n) is 15.4. The number of phenolic OH excluding ortho intramolecular Hbond substituents is 1. The van der Waals surface area contributed by atoms with Crippen LogP contribution in [0.25, 0.3) is 10.9 Å². The lowest BCUT2D eigenvalue weighted by atomic mass is 9.98. The van der Waals surface area contributed by atoms with Crippen LogP contribution in [0.15, 0.2) is 77.0 Å². The van der Waals surface area contributed by atoms with Crippen LogP contribution in [0.3, 0.4) is 0 Å². The third-order valence-corrected chi connectivity index (χ3v) is 4.56. The minimum atomic E-state index is -1.22. The molecule has 0 aliphatic heterocycles. The van der Waals surface area contributed by atoms with E-state index < -0.39 is 11.8 Å². The zero-order chi connectivity index (χ0) is 21.3.